The minimum Gasteiger partial charge on any atom is -0.235 e. The molecule has 0 aromatic heterocycles. The van der Waals surface area contributed by atoms with E-state index in [1.807, 2.05) is 0 Å². The second kappa shape index (κ2) is 3.95. The SMILES string of the molecule is CC1C=CC=CC1C1CC=CC=[N+]1C. The van der Waals surface area contributed by atoms with Gasteiger partial charge in [0, 0.05) is 12.3 Å². The molecule has 0 aromatic carbocycles. The first-order valence-electron chi connectivity index (χ1n) is 5.36. The fourth-order valence-corrected chi connectivity index (χ4v) is 2.33. The molecule has 0 saturated carbocycles. The van der Waals surface area contributed by atoms with Gasteiger partial charge >= 0.3 is 0 Å². The molecule has 2 rings (SSSR count). The molecule has 1 heteroatoms. The molecule has 1 aliphatic heterocycles. The maximum absolute atomic E-state index is 2.35. The van der Waals surface area contributed by atoms with Gasteiger partial charge in [0.15, 0.2) is 12.3 Å². The molecule has 14 heavy (non-hydrogen) atoms. The molecule has 0 saturated heterocycles. The summed E-state index contributed by atoms with van der Waals surface area (Å²) < 4.78 is 2.34. The maximum Gasteiger partial charge on any atom is 0.163 e. The predicted molar refractivity (Wildman–Crippen MR) is 60.7 cm³/mol. The van der Waals surface area contributed by atoms with Gasteiger partial charge in [-0.3, -0.25) is 0 Å². The van der Waals surface area contributed by atoms with Gasteiger partial charge in [0.2, 0.25) is 0 Å². The molecule has 1 heterocycles. The van der Waals surface area contributed by atoms with E-state index in [2.05, 4.69) is 61.2 Å². The third kappa shape index (κ3) is 1.72. The standard InChI is InChI=1S/C13H18N/c1-11-7-3-4-8-12(11)13-9-5-6-10-14(13)2/h3-8,10-13H,9H2,1-2H3/q+1. The lowest BCUT2D eigenvalue weighted by Crippen LogP contribution is -2.35. The molecule has 0 N–H and O–H groups in total. The van der Waals surface area contributed by atoms with Crippen LogP contribution in [0.2, 0.25) is 0 Å². The second-order valence-corrected chi connectivity index (χ2v) is 4.25. The van der Waals surface area contributed by atoms with E-state index in [0.717, 1.165) is 0 Å². The number of allylic oxidation sites excluding steroid dienone is 4. The van der Waals surface area contributed by atoms with Gasteiger partial charge in [-0.15, -0.1) is 0 Å². The van der Waals surface area contributed by atoms with E-state index in [1.54, 1.807) is 0 Å². The van der Waals surface area contributed by atoms with Gasteiger partial charge in [-0.25, -0.2) is 4.58 Å². The van der Waals surface area contributed by atoms with Crippen molar-refractivity contribution in [1.29, 1.82) is 0 Å². The Labute approximate surface area is 86.1 Å². The zero-order chi connectivity index (χ0) is 9.97. The Morgan fingerprint density at radius 2 is 1.93 bits per heavy atom. The molecule has 1 nitrogen and oxygen atoms in total. The van der Waals surface area contributed by atoms with Gasteiger partial charge in [-0.1, -0.05) is 37.3 Å². The van der Waals surface area contributed by atoms with E-state index < -0.39 is 0 Å². The van der Waals surface area contributed by atoms with Crippen LogP contribution in [0.25, 0.3) is 0 Å². The van der Waals surface area contributed by atoms with Gasteiger partial charge in [0.05, 0.1) is 0 Å². The van der Waals surface area contributed by atoms with Crippen molar-refractivity contribution < 1.29 is 4.58 Å². The third-order valence-corrected chi connectivity index (χ3v) is 3.27. The molecule has 2 aliphatic rings. The summed E-state index contributed by atoms with van der Waals surface area (Å²) in [6.07, 6.45) is 16.7. The van der Waals surface area contributed by atoms with Gasteiger partial charge in [0.1, 0.15) is 7.05 Å². The summed E-state index contributed by atoms with van der Waals surface area (Å²) in [6, 6.07) is 0.635. The van der Waals surface area contributed by atoms with E-state index in [0.29, 0.717) is 17.9 Å². The maximum atomic E-state index is 2.35. The van der Waals surface area contributed by atoms with Crippen LogP contribution >= 0.6 is 0 Å². The van der Waals surface area contributed by atoms with Crippen molar-refractivity contribution in [2.75, 3.05) is 7.05 Å². The Hall–Kier alpha value is -1.11. The molecule has 0 radical (unpaired) electrons. The highest BCUT2D eigenvalue weighted by atomic mass is 15.0. The van der Waals surface area contributed by atoms with Gasteiger partial charge in [-0.05, 0) is 12.0 Å². The highest BCUT2D eigenvalue weighted by Crippen LogP contribution is 2.26. The van der Waals surface area contributed by atoms with Crippen molar-refractivity contribution in [2.45, 2.75) is 19.4 Å². The molecule has 0 spiro atoms. The van der Waals surface area contributed by atoms with Crippen LogP contribution in [-0.2, 0) is 0 Å². The quantitative estimate of drug-likeness (QED) is 0.556. The molecule has 0 bridgehead atoms. The van der Waals surface area contributed by atoms with E-state index in [1.165, 1.54) is 6.42 Å². The van der Waals surface area contributed by atoms with Crippen molar-refractivity contribution in [3.63, 3.8) is 0 Å². The van der Waals surface area contributed by atoms with Crippen LogP contribution in [-0.4, -0.2) is 23.9 Å². The fourth-order valence-electron chi connectivity index (χ4n) is 2.33. The van der Waals surface area contributed by atoms with Gasteiger partial charge in [0.25, 0.3) is 0 Å². The molecule has 1 aliphatic carbocycles. The van der Waals surface area contributed by atoms with Gasteiger partial charge < -0.3 is 0 Å². The Morgan fingerprint density at radius 3 is 2.64 bits per heavy atom. The first-order valence-corrected chi connectivity index (χ1v) is 5.36. The number of hydrogen-bond acceptors (Lipinski definition) is 0. The number of rotatable bonds is 1. The zero-order valence-electron chi connectivity index (χ0n) is 8.93. The summed E-state index contributed by atoms with van der Waals surface area (Å²) in [5.74, 6) is 1.32. The minimum atomic E-state index is 0.635. The van der Waals surface area contributed by atoms with Crippen molar-refractivity contribution in [3.05, 3.63) is 36.5 Å². The van der Waals surface area contributed by atoms with Crippen LogP contribution in [0.4, 0.5) is 0 Å². The lowest BCUT2D eigenvalue weighted by molar-refractivity contribution is -0.542. The smallest absolute Gasteiger partial charge is 0.163 e. The van der Waals surface area contributed by atoms with E-state index >= 15 is 0 Å². The summed E-state index contributed by atoms with van der Waals surface area (Å²) in [5, 5.41) is 0. The molecule has 3 unspecified atom stereocenters. The van der Waals surface area contributed by atoms with Crippen LogP contribution in [0, 0.1) is 11.8 Å². The molecule has 0 fully saturated rings. The largest absolute Gasteiger partial charge is 0.235 e. The van der Waals surface area contributed by atoms with E-state index in [9.17, 15) is 0 Å². The monoisotopic (exact) mass is 188 g/mol. The summed E-state index contributed by atoms with van der Waals surface area (Å²) in [5.41, 5.74) is 0. The molecule has 0 amide bonds. The first kappa shape index (κ1) is 9.45. The van der Waals surface area contributed by atoms with Crippen molar-refractivity contribution in [3.8, 4) is 0 Å². The fraction of sp³-hybridized carbons (Fsp3) is 0.462. The lowest BCUT2D eigenvalue weighted by atomic mass is 9.82. The first-order chi connectivity index (χ1) is 6.79. The Balaban J connectivity index is 2.15. The lowest BCUT2D eigenvalue weighted by Gasteiger charge is -2.26. The summed E-state index contributed by atoms with van der Waals surface area (Å²) >= 11 is 0. The topological polar surface area (TPSA) is 3.01 Å². The second-order valence-electron chi connectivity index (χ2n) is 4.25. The van der Waals surface area contributed by atoms with Crippen LogP contribution in [0.15, 0.2) is 36.5 Å². The van der Waals surface area contributed by atoms with Crippen molar-refractivity contribution in [1.82, 2.24) is 0 Å². The van der Waals surface area contributed by atoms with Crippen LogP contribution < -0.4 is 0 Å². The summed E-state index contributed by atoms with van der Waals surface area (Å²) in [6.45, 7) is 2.30. The van der Waals surface area contributed by atoms with Crippen LogP contribution in [0.3, 0.4) is 0 Å². The number of nitrogens with zero attached hydrogens (tertiary/aromatic N) is 1. The highest BCUT2D eigenvalue weighted by molar-refractivity contribution is 5.66. The van der Waals surface area contributed by atoms with E-state index in [4.69, 9.17) is 0 Å². The van der Waals surface area contributed by atoms with E-state index in [-0.39, 0.29) is 0 Å². The number of hydrogen-bond donors (Lipinski definition) is 0. The minimum absolute atomic E-state index is 0.635. The third-order valence-electron chi connectivity index (χ3n) is 3.27. The van der Waals surface area contributed by atoms with Crippen LogP contribution in [0.5, 0.6) is 0 Å². The van der Waals surface area contributed by atoms with Gasteiger partial charge in [-0.2, -0.15) is 0 Å². The summed E-state index contributed by atoms with van der Waals surface area (Å²) in [7, 11) is 2.17. The molecule has 3 atom stereocenters. The molecule has 74 valence electrons. The predicted octanol–water partition coefficient (Wildman–Crippen LogP) is 2.41. The molecule has 0 aromatic rings. The molecular formula is C13H18N+. The molecular weight excluding hydrogens is 170 g/mol. The van der Waals surface area contributed by atoms with Crippen LogP contribution in [0.1, 0.15) is 13.3 Å². The normalized spacial score (nSPS) is 35.9. The van der Waals surface area contributed by atoms with Crippen molar-refractivity contribution in [2.24, 2.45) is 11.8 Å². The Kier molecular flexibility index (Phi) is 2.67. The average molecular weight is 188 g/mol. The van der Waals surface area contributed by atoms with Crippen molar-refractivity contribution >= 4 is 6.21 Å². The highest BCUT2D eigenvalue weighted by Gasteiger charge is 2.30. The zero-order valence-corrected chi connectivity index (χ0v) is 8.93. The average Bonchev–Trinajstić information content (AvgIpc) is 2.20. The Bertz CT molecular complexity index is 320. The summed E-state index contributed by atoms with van der Waals surface area (Å²) in [4.78, 5) is 0. The Morgan fingerprint density at radius 1 is 1.14 bits per heavy atom.